The molecular formula is C14H19N3O. The van der Waals surface area contributed by atoms with E-state index >= 15 is 0 Å². The van der Waals surface area contributed by atoms with Gasteiger partial charge in [-0.2, -0.15) is 0 Å². The second-order valence-electron chi connectivity index (χ2n) is 3.94. The van der Waals surface area contributed by atoms with Gasteiger partial charge >= 0.3 is 6.03 Å². The Morgan fingerprint density at radius 2 is 2.22 bits per heavy atom. The zero-order valence-corrected chi connectivity index (χ0v) is 10.8. The number of carbonyl (C=O) groups excluding carboxylic acids is 1. The van der Waals surface area contributed by atoms with E-state index in [1.165, 1.54) is 0 Å². The van der Waals surface area contributed by atoms with Crippen LogP contribution in [0.3, 0.4) is 0 Å². The van der Waals surface area contributed by atoms with Gasteiger partial charge < -0.3 is 16.4 Å². The second kappa shape index (κ2) is 7.36. The molecular weight excluding hydrogens is 226 g/mol. The van der Waals surface area contributed by atoms with Gasteiger partial charge in [0.15, 0.2) is 0 Å². The van der Waals surface area contributed by atoms with Gasteiger partial charge in [0.25, 0.3) is 0 Å². The number of nitrogens with two attached hydrogens (primary N) is 1. The van der Waals surface area contributed by atoms with Crippen molar-refractivity contribution in [2.24, 2.45) is 5.73 Å². The average molecular weight is 245 g/mol. The van der Waals surface area contributed by atoms with Crippen molar-refractivity contribution in [3.63, 3.8) is 0 Å². The minimum absolute atomic E-state index is 0.212. The summed E-state index contributed by atoms with van der Waals surface area (Å²) in [6, 6.07) is 5.50. The van der Waals surface area contributed by atoms with E-state index in [4.69, 9.17) is 5.73 Å². The van der Waals surface area contributed by atoms with Gasteiger partial charge in [0.2, 0.25) is 0 Å². The maximum atomic E-state index is 11.6. The molecule has 4 heteroatoms. The molecule has 1 aromatic carbocycles. The zero-order chi connectivity index (χ0) is 13.4. The van der Waals surface area contributed by atoms with Crippen molar-refractivity contribution in [2.45, 2.75) is 20.3 Å². The smallest absolute Gasteiger partial charge is 0.319 e. The maximum Gasteiger partial charge on any atom is 0.319 e. The zero-order valence-electron chi connectivity index (χ0n) is 10.8. The number of nitrogens with one attached hydrogen (secondary N) is 2. The van der Waals surface area contributed by atoms with Crippen molar-refractivity contribution in [3.05, 3.63) is 29.3 Å². The number of aryl methyl sites for hydroxylation is 1. The quantitative estimate of drug-likeness (QED) is 0.711. The summed E-state index contributed by atoms with van der Waals surface area (Å²) in [4.78, 5) is 11.6. The summed E-state index contributed by atoms with van der Waals surface area (Å²) >= 11 is 0. The van der Waals surface area contributed by atoms with Gasteiger partial charge in [0.1, 0.15) is 0 Å². The Labute approximate surface area is 108 Å². The van der Waals surface area contributed by atoms with Crippen LogP contribution < -0.4 is 16.4 Å². The molecule has 4 nitrogen and oxygen atoms in total. The van der Waals surface area contributed by atoms with Crippen molar-refractivity contribution in [1.29, 1.82) is 0 Å². The molecule has 0 bridgehead atoms. The summed E-state index contributed by atoms with van der Waals surface area (Å²) in [5.74, 6) is 5.75. The number of amides is 2. The van der Waals surface area contributed by atoms with Crippen molar-refractivity contribution >= 4 is 11.7 Å². The Morgan fingerprint density at radius 3 is 2.89 bits per heavy atom. The van der Waals surface area contributed by atoms with Crippen LogP contribution in [0.25, 0.3) is 0 Å². The normalized spacial score (nSPS) is 9.28. The molecule has 0 saturated heterocycles. The van der Waals surface area contributed by atoms with Gasteiger partial charge in [-0.3, -0.25) is 0 Å². The summed E-state index contributed by atoms with van der Waals surface area (Å²) in [6.45, 7) is 4.94. The van der Waals surface area contributed by atoms with E-state index in [2.05, 4.69) is 22.5 Å². The number of hydrogen-bond donors (Lipinski definition) is 3. The van der Waals surface area contributed by atoms with Crippen LogP contribution >= 0.6 is 0 Å². The minimum Gasteiger partial charge on any atom is -0.338 e. The SMILES string of the molecule is CCCNC(=O)Nc1ccc(C)cc1C#CCN. The van der Waals surface area contributed by atoms with Crippen LogP contribution in [0.4, 0.5) is 10.5 Å². The lowest BCUT2D eigenvalue weighted by atomic mass is 10.1. The molecule has 0 aliphatic rings. The molecule has 0 atom stereocenters. The number of carbonyl (C=O) groups is 1. The molecule has 0 aliphatic carbocycles. The van der Waals surface area contributed by atoms with E-state index in [0.717, 1.165) is 17.5 Å². The molecule has 0 unspecified atom stereocenters. The number of anilines is 1. The van der Waals surface area contributed by atoms with Crippen molar-refractivity contribution in [2.75, 3.05) is 18.4 Å². The fourth-order valence-corrected chi connectivity index (χ4v) is 1.42. The van der Waals surface area contributed by atoms with Crippen LogP contribution in [0.5, 0.6) is 0 Å². The van der Waals surface area contributed by atoms with Gasteiger partial charge in [-0.15, -0.1) is 0 Å². The predicted octanol–water partition coefficient (Wildman–Crippen LogP) is 1.84. The Morgan fingerprint density at radius 1 is 1.44 bits per heavy atom. The number of hydrogen-bond acceptors (Lipinski definition) is 2. The molecule has 18 heavy (non-hydrogen) atoms. The monoisotopic (exact) mass is 245 g/mol. The standard InChI is InChI=1S/C14H19N3O/c1-3-9-16-14(18)17-13-7-6-11(2)10-12(13)5-4-8-15/h6-7,10H,3,8-9,15H2,1-2H3,(H2,16,17,18). The minimum atomic E-state index is -0.212. The van der Waals surface area contributed by atoms with Crippen LogP contribution in [0.2, 0.25) is 0 Å². The molecule has 1 rings (SSSR count). The summed E-state index contributed by atoms with van der Waals surface area (Å²) in [5, 5.41) is 5.54. The molecule has 0 aromatic heterocycles. The van der Waals surface area contributed by atoms with E-state index in [9.17, 15) is 4.79 Å². The van der Waals surface area contributed by atoms with E-state index in [1.54, 1.807) is 0 Å². The number of urea groups is 1. The molecule has 0 spiro atoms. The Bertz CT molecular complexity index is 472. The average Bonchev–Trinajstić information content (AvgIpc) is 2.36. The fraction of sp³-hybridized carbons (Fsp3) is 0.357. The van der Waals surface area contributed by atoms with Crippen LogP contribution in [-0.4, -0.2) is 19.1 Å². The van der Waals surface area contributed by atoms with Gasteiger partial charge in [0, 0.05) is 12.1 Å². The third-order valence-electron chi connectivity index (χ3n) is 2.28. The third kappa shape index (κ3) is 4.48. The molecule has 2 amide bonds. The molecule has 0 heterocycles. The highest BCUT2D eigenvalue weighted by atomic mass is 16.2. The summed E-state index contributed by atoms with van der Waals surface area (Å²) in [7, 11) is 0. The van der Waals surface area contributed by atoms with Gasteiger partial charge in [-0.1, -0.05) is 24.8 Å². The highest BCUT2D eigenvalue weighted by molar-refractivity contribution is 5.90. The van der Waals surface area contributed by atoms with Crippen molar-refractivity contribution in [3.8, 4) is 11.8 Å². The van der Waals surface area contributed by atoms with Crippen LogP contribution in [0.15, 0.2) is 18.2 Å². The molecule has 0 saturated carbocycles. The number of benzene rings is 1. The molecule has 96 valence electrons. The van der Waals surface area contributed by atoms with E-state index < -0.39 is 0 Å². The fourth-order valence-electron chi connectivity index (χ4n) is 1.42. The maximum absolute atomic E-state index is 11.6. The summed E-state index contributed by atoms with van der Waals surface area (Å²) in [6.07, 6.45) is 0.904. The Balaban J connectivity index is 2.84. The molecule has 4 N–H and O–H groups in total. The van der Waals surface area contributed by atoms with Gasteiger partial charge in [-0.25, -0.2) is 4.79 Å². The largest absolute Gasteiger partial charge is 0.338 e. The second-order valence-corrected chi connectivity index (χ2v) is 3.94. The Kier molecular flexibility index (Phi) is 5.75. The first-order valence-corrected chi connectivity index (χ1v) is 6.01. The molecule has 0 radical (unpaired) electrons. The lowest BCUT2D eigenvalue weighted by Gasteiger charge is -2.09. The topological polar surface area (TPSA) is 67.2 Å². The van der Waals surface area contributed by atoms with Crippen LogP contribution in [0.1, 0.15) is 24.5 Å². The predicted molar refractivity (Wildman–Crippen MR) is 74.4 cm³/mol. The van der Waals surface area contributed by atoms with E-state index in [-0.39, 0.29) is 6.03 Å². The highest BCUT2D eigenvalue weighted by Crippen LogP contribution is 2.16. The van der Waals surface area contributed by atoms with Crippen molar-refractivity contribution in [1.82, 2.24) is 5.32 Å². The van der Waals surface area contributed by atoms with Crippen LogP contribution in [0, 0.1) is 18.8 Å². The lowest BCUT2D eigenvalue weighted by Crippen LogP contribution is -2.29. The molecule has 0 aliphatic heterocycles. The first-order chi connectivity index (χ1) is 8.67. The van der Waals surface area contributed by atoms with Crippen LogP contribution in [-0.2, 0) is 0 Å². The number of rotatable bonds is 3. The Hall–Kier alpha value is -1.99. The van der Waals surface area contributed by atoms with Gasteiger partial charge in [0.05, 0.1) is 12.2 Å². The third-order valence-corrected chi connectivity index (χ3v) is 2.28. The first-order valence-electron chi connectivity index (χ1n) is 6.01. The van der Waals surface area contributed by atoms with Crippen molar-refractivity contribution < 1.29 is 4.79 Å². The van der Waals surface area contributed by atoms with E-state index in [0.29, 0.717) is 18.8 Å². The van der Waals surface area contributed by atoms with Gasteiger partial charge in [-0.05, 0) is 31.0 Å². The molecule has 0 fully saturated rings. The first kappa shape index (κ1) is 14.1. The summed E-state index contributed by atoms with van der Waals surface area (Å²) < 4.78 is 0. The molecule has 1 aromatic rings. The van der Waals surface area contributed by atoms with E-state index in [1.807, 2.05) is 32.0 Å². The highest BCUT2D eigenvalue weighted by Gasteiger charge is 2.04. The summed E-state index contributed by atoms with van der Waals surface area (Å²) in [5.41, 5.74) is 7.94. The lowest BCUT2D eigenvalue weighted by molar-refractivity contribution is 0.252.